The second-order valence-electron chi connectivity index (χ2n) is 5.17. The number of ether oxygens (including phenoxy) is 2. The van der Waals surface area contributed by atoms with Crippen LogP contribution in [0, 0.1) is 5.92 Å². The Balaban J connectivity index is 2.72. The molecule has 1 fully saturated rings. The van der Waals surface area contributed by atoms with E-state index < -0.39 is 0 Å². The highest BCUT2D eigenvalue weighted by Crippen LogP contribution is 2.35. The van der Waals surface area contributed by atoms with E-state index in [0.717, 1.165) is 18.4 Å². The monoisotopic (exact) mass is 272 g/mol. The van der Waals surface area contributed by atoms with Gasteiger partial charge < -0.3 is 14.4 Å². The molecule has 0 aromatic carbocycles. The number of nitrogens with zero attached hydrogens (tertiary/aromatic N) is 2. The van der Waals surface area contributed by atoms with Crippen molar-refractivity contribution in [3.8, 4) is 0 Å². The van der Waals surface area contributed by atoms with Crippen molar-refractivity contribution >= 4 is 5.96 Å². The Kier molecular flexibility index (Phi) is 7.12. The summed E-state index contributed by atoms with van der Waals surface area (Å²) < 4.78 is 10.3. The Bertz CT molecular complexity index is 282. The molecule has 0 spiro atoms. The SMILES string of the molecule is COCCN(C(=NC(C)COC)NN)C(C)C1CC1. The number of aliphatic imine (C=N–C) groups is 1. The molecular formula is C13H28N4O2. The van der Waals surface area contributed by atoms with Crippen molar-refractivity contribution in [1.82, 2.24) is 10.3 Å². The first-order valence-corrected chi connectivity index (χ1v) is 6.93. The topological polar surface area (TPSA) is 72.1 Å². The summed E-state index contributed by atoms with van der Waals surface area (Å²) in [7, 11) is 3.39. The molecule has 3 N–H and O–H groups in total. The lowest BCUT2D eigenvalue weighted by Crippen LogP contribution is -2.51. The van der Waals surface area contributed by atoms with Crippen molar-refractivity contribution in [3.05, 3.63) is 0 Å². The van der Waals surface area contributed by atoms with Crippen LogP contribution in [-0.4, -0.2) is 56.9 Å². The summed E-state index contributed by atoms with van der Waals surface area (Å²) >= 11 is 0. The van der Waals surface area contributed by atoms with Crippen LogP contribution in [0.25, 0.3) is 0 Å². The van der Waals surface area contributed by atoms with E-state index in [1.165, 1.54) is 12.8 Å². The maximum atomic E-state index is 5.64. The molecule has 19 heavy (non-hydrogen) atoms. The lowest BCUT2D eigenvalue weighted by molar-refractivity contribution is 0.155. The van der Waals surface area contributed by atoms with Gasteiger partial charge in [-0.15, -0.1) is 0 Å². The highest BCUT2D eigenvalue weighted by atomic mass is 16.5. The van der Waals surface area contributed by atoms with Crippen LogP contribution in [0.2, 0.25) is 0 Å². The van der Waals surface area contributed by atoms with Crippen LogP contribution in [0.5, 0.6) is 0 Å². The Hall–Kier alpha value is -0.850. The number of hydrogen-bond acceptors (Lipinski definition) is 4. The van der Waals surface area contributed by atoms with Crippen LogP contribution in [0.1, 0.15) is 26.7 Å². The quantitative estimate of drug-likeness (QED) is 0.293. The van der Waals surface area contributed by atoms with Crippen LogP contribution < -0.4 is 11.3 Å². The van der Waals surface area contributed by atoms with Gasteiger partial charge in [0.1, 0.15) is 0 Å². The summed E-state index contributed by atoms with van der Waals surface area (Å²) in [6.07, 6.45) is 2.58. The van der Waals surface area contributed by atoms with Crippen molar-refractivity contribution in [2.45, 2.75) is 38.8 Å². The van der Waals surface area contributed by atoms with E-state index in [0.29, 0.717) is 19.3 Å². The predicted octanol–water partition coefficient (Wildman–Crippen LogP) is 0.588. The van der Waals surface area contributed by atoms with Crippen LogP contribution in [0.4, 0.5) is 0 Å². The van der Waals surface area contributed by atoms with E-state index in [2.05, 4.69) is 22.2 Å². The standard InChI is InChI=1S/C13H28N4O2/c1-10(9-19-4)15-13(16-14)17(7-8-18-3)11(2)12-5-6-12/h10-12H,5-9,14H2,1-4H3,(H,15,16). The summed E-state index contributed by atoms with van der Waals surface area (Å²) in [5, 5.41) is 0. The fourth-order valence-corrected chi connectivity index (χ4v) is 2.21. The van der Waals surface area contributed by atoms with Gasteiger partial charge in [-0.2, -0.15) is 0 Å². The van der Waals surface area contributed by atoms with Crippen LogP contribution in [0.15, 0.2) is 4.99 Å². The smallest absolute Gasteiger partial charge is 0.209 e. The molecule has 0 aromatic heterocycles. The van der Waals surface area contributed by atoms with Gasteiger partial charge in [-0.05, 0) is 32.6 Å². The number of guanidine groups is 1. The third kappa shape index (κ3) is 5.34. The molecule has 0 radical (unpaired) electrons. The minimum Gasteiger partial charge on any atom is -0.383 e. The number of rotatable bonds is 8. The van der Waals surface area contributed by atoms with Gasteiger partial charge in [0.05, 0.1) is 19.3 Å². The van der Waals surface area contributed by atoms with Crippen LogP contribution in [-0.2, 0) is 9.47 Å². The van der Waals surface area contributed by atoms with Crippen molar-refractivity contribution in [3.63, 3.8) is 0 Å². The summed E-state index contributed by atoms with van der Waals surface area (Å²) in [6.45, 7) is 6.27. The summed E-state index contributed by atoms with van der Waals surface area (Å²) in [5.41, 5.74) is 2.73. The average molecular weight is 272 g/mol. The van der Waals surface area contributed by atoms with E-state index in [-0.39, 0.29) is 6.04 Å². The number of nitrogens with two attached hydrogens (primary N) is 1. The molecular weight excluding hydrogens is 244 g/mol. The molecule has 112 valence electrons. The summed E-state index contributed by atoms with van der Waals surface area (Å²) in [6, 6.07) is 0.507. The second kappa shape index (κ2) is 8.35. The van der Waals surface area contributed by atoms with Crippen molar-refractivity contribution < 1.29 is 9.47 Å². The van der Waals surface area contributed by atoms with Gasteiger partial charge in [-0.25, -0.2) is 10.8 Å². The molecule has 0 aliphatic heterocycles. The third-order valence-electron chi connectivity index (χ3n) is 3.48. The maximum Gasteiger partial charge on any atom is 0.209 e. The fraction of sp³-hybridized carbons (Fsp3) is 0.923. The molecule has 1 aliphatic carbocycles. The van der Waals surface area contributed by atoms with Gasteiger partial charge in [0, 0.05) is 26.8 Å². The molecule has 6 heteroatoms. The molecule has 0 aromatic rings. The van der Waals surface area contributed by atoms with Gasteiger partial charge in [0.15, 0.2) is 0 Å². The molecule has 1 rings (SSSR count). The fourth-order valence-electron chi connectivity index (χ4n) is 2.21. The molecule has 2 unspecified atom stereocenters. The van der Waals surface area contributed by atoms with Gasteiger partial charge in [-0.3, -0.25) is 5.43 Å². The highest BCUT2D eigenvalue weighted by Gasteiger charge is 2.33. The zero-order valence-electron chi connectivity index (χ0n) is 12.6. The zero-order chi connectivity index (χ0) is 14.3. The van der Waals surface area contributed by atoms with Gasteiger partial charge in [0.25, 0.3) is 0 Å². The van der Waals surface area contributed by atoms with Crippen LogP contribution >= 0.6 is 0 Å². The highest BCUT2D eigenvalue weighted by molar-refractivity contribution is 5.80. The summed E-state index contributed by atoms with van der Waals surface area (Å²) in [4.78, 5) is 6.80. The first-order valence-electron chi connectivity index (χ1n) is 6.93. The lowest BCUT2D eigenvalue weighted by Gasteiger charge is -2.32. The minimum absolute atomic E-state index is 0.0764. The summed E-state index contributed by atoms with van der Waals surface area (Å²) in [5.74, 6) is 7.11. The predicted molar refractivity (Wildman–Crippen MR) is 76.9 cm³/mol. The molecule has 0 bridgehead atoms. The van der Waals surface area contributed by atoms with E-state index in [1.54, 1.807) is 14.2 Å². The Labute approximate surface area is 116 Å². The Morgan fingerprint density at radius 1 is 1.37 bits per heavy atom. The van der Waals surface area contributed by atoms with Crippen molar-refractivity contribution in [2.75, 3.05) is 34.0 Å². The molecule has 6 nitrogen and oxygen atoms in total. The largest absolute Gasteiger partial charge is 0.383 e. The molecule has 1 aliphatic rings. The number of hydrogen-bond donors (Lipinski definition) is 2. The van der Waals surface area contributed by atoms with Gasteiger partial charge >= 0.3 is 0 Å². The normalized spacial score (nSPS) is 19.1. The second-order valence-corrected chi connectivity index (χ2v) is 5.17. The van der Waals surface area contributed by atoms with Crippen molar-refractivity contribution in [2.24, 2.45) is 16.8 Å². The minimum atomic E-state index is 0.0764. The van der Waals surface area contributed by atoms with Crippen LogP contribution in [0.3, 0.4) is 0 Å². The lowest BCUT2D eigenvalue weighted by atomic mass is 10.2. The maximum absolute atomic E-state index is 5.64. The van der Waals surface area contributed by atoms with Gasteiger partial charge in [0.2, 0.25) is 5.96 Å². The van der Waals surface area contributed by atoms with E-state index in [4.69, 9.17) is 15.3 Å². The zero-order valence-corrected chi connectivity index (χ0v) is 12.6. The third-order valence-corrected chi connectivity index (χ3v) is 3.48. The molecule has 1 saturated carbocycles. The number of hydrazine groups is 1. The Morgan fingerprint density at radius 2 is 2.05 bits per heavy atom. The molecule has 2 atom stereocenters. The van der Waals surface area contributed by atoms with E-state index in [1.807, 2.05) is 6.92 Å². The first-order chi connectivity index (χ1) is 9.13. The number of nitrogens with one attached hydrogen (secondary N) is 1. The molecule has 0 saturated heterocycles. The molecule has 0 amide bonds. The Morgan fingerprint density at radius 3 is 2.53 bits per heavy atom. The van der Waals surface area contributed by atoms with E-state index in [9.17, 15) is 0 Å². The van der Waals surface area contributed by atoms with E-state index >= 15 is 0 Å². The average Bonchev–Trinajstić information content (AvgIpc) is 3.21. The molecule has 0 heterocycles. The van der Waals surface area contributed by atoms with Gasteiger partial charge in [-0.1, -0.05) is 0 Å². The number of methoxy groups -OCH3 is 2. The van der Waals surface area contributed by atoms with Crippen molar-refractivity contribution in [1.29, 1.82) is 0 Å². The first kappa shape index (κ1) is 16.2.